The molecular formula is C38H34N6. The predicted octanol–water partition coefficient (Wildman–Crippen LogP) is 7.05. The third-order valence-corrected chi connectivity index (χ3v) is 11.0. The summed E-state index contributed by atoms with van der Waals surface area (Å²) in [5.74, 6) is 1.00. The number of hydrogen-bond donors (Lipinski definition) is 0. The van der Waals surface area contributed by atoms with Crippen LogP contribution in [0.25, 0.3) is 33.8 Å². The topological polar surface area (TPSA) is 51.2 Å². The van der Waals surface area contributed by atoms with Gasteiger partial charge in [0.1, 0.15) is 0 Å². The molecule has 0 radical (unpaired) electrons. The van der Waals surface area contributed by atoms with Gasteiger partial charge in [-0.05, 0) is 67.3 Å². The number of aromatic nitrogens is 4. The van der Waals surface area contributed by atoms with Crippen LogP contribution in [0.2, 0.25) is 0 Å². The van der Waals surface area contributed by atoms with Crippen molar-refractivity contribution in [2.24, 2.45) is 22.2 Å². The van der Waals surface area contributed by atoms with Gasteiger partial charge in [-0.1, -0.05) is 42.5 Å². The molecule has 4 aromatic heterocycles. The average molecular weight is 575 g/mol. The molecule has 6 heterocycles. The van der Waals surface area contributed by atoms with Crippen LogP contribution < -0.4 is 0 Å². The van der Waals surface area contributed by atoms with E-state index in [0.29, 0.717) is 11.8 Å². The lowest BCUT2D eigenvalue weighted by molar-refractivity contribution is 0.463. The summed E-state index contributed by atoms with van der Waals surface area (Å²) in [7, 11) is 2.16. The van der Waals surface area contributed by atoms with Crippen LogP contribution in [0.3, 0.4) is 0 Å². The molecule has 6 aliphatic rings. The van der Waals surface area contributed by atoms with Crippen molar-refractivity contribution in [2.75, 3.05) is 13.6 Å². The van der Waals surface area contributed by atoms with Crippen LogP contribution in [0.4, 0.5) is 0 Å². The van der Waals surface area contributed by atoms with Crippen LogP contribution in [0, 0.1) is 17.3 Å². The van der Waals surface area contributed by atoms with E-state index in [1.54, 1.807) is 0 Å². The van der Waals surface area contributed by atoms with Gasteiger partial charge in [0, 0.05) is 78.9 Å². The number of nitrogens with zero attached hydrogens (tertiary/aromatic N) is 6. The number of pyridine rings is 2. The first-order valence-electron chi connectivity index (χ1n) is 16.0. The van der Waals surface area contributed by atoms with Gasteiger partial charge in [0.25, 0.3) is 0 Å². The SMILES string of the molecule is CN1C=Cc2c(n(C3=CC4CC4(C4=CC5CC5(n5c6c(c7ncccc75)CC=CN=C6)C=C4)C=CC3)c3cccnc23)CC1. The zero-order chi connectivity index (χ0) is 29.0. The maximum Gasteiger partial charge on any atom is 0.0960 e. The van der Waals surface area contributed by atoms with Crippen LogP contribution in [0.5, 0.6) is 0 Å². The normalized spacial score (nSPS) is 29.3. The van der Waals surface area contributed by atoms with E-state index in [-0.39, 0.29) is 11.0 Å². The molecule has 6 nitrogen and oxygen atoms in total. The highest BCUT2D eigenvalue weighted by atomic mass is 15.1. The van der Waals surface area contributed by atoms with Gasteiger partial charge in [0.15, 0.2) is 0 Å². The number of allylic oxidation sites excluding steroid dienone is 9. The van der Waals surface area contributed by atoms with Crippen LogP contribution in [0.15, 0.2) is 102 Å². The fourth-order valence-electron chi connectivity index (χ4n) is 8.65. The molecular weight excluding hydrogens is 540 g/mol. The van der Waals surface area contributed by atoms with E-state index in [9.17, 15) is 0 Å². The number of aliphatic imine (C=N–C) groups is 1. The number of likely N-dealkylation sites (N-methyl/N-ethyl adjacent to an activating group) is 1. The molecule has 4 unspecified atom stereocenters. The lowest BCUT2D eigenvalue weighted by Gasteiger charge is -2.24. The minimum absolute atomic E-state index is 0.0273. The number of hydrogen-bond acceptors (Lipinski definition) is 4. The van der Waals surface area contributed by atoms with Crippen molar-refractivity contribution in [3.8, 4) is 0 Å². The molecule has 0 bridgehead atoms. The summed E-state index contributed by atoms with van der Waals surface area (Å²) in [6, 6.07) is 8.62. The van der Waals surface area contributed by atoms with Gasteiger partial charge in [-0.3, -0.25) is 15.0 Å². The Bertz CT molecular complexity index is 2130. The zero-order valence-electron chi connectivity index (χ0n) is 24.9. The average Bonchev–Trinajstić information content (AvgIpc) is 3.92. The lowest BCUT2D eigenvalue weighted by Crippen LogP contribution is -2.22. The molecule has 2 saturated carbocycles. The number of fused-ring (bicyclic) bond motifs is 8. The van der Waals surface area contributed by atoms with E-state index in [2.05, 4.69) is 105 Å². The van der Waals surface area contributed by atoms with E-state index in [1.807, 2.05) is 24.8 Å². The second-order valence-corrected chi connectivity index (χ2v) is 13.4. The third-order valence-electron chi connectivity index (χ3n) is 11.0. The molecule has 0 aromatic carbocycles. The molecule has 10 rings (SSSR count). The summed E-state index contributed by atoms with van der Waals surface area (Å²) in [6.45, 7) is 1.01. The molecule has 4 atom stereocenters. The van der Waals surface area contributed by atoms with Crippen molar-refractivity contribution in [2.45, 2.75) is 37.6 Å². The first-order chi connectivity index (χ1) is 21.7. The first-order valence-corrected chi connectivity index (χ1v) is 16.0. The Hall–Kier alpha value is -4.71. The monoisotopic (exact) mass is 574 g/mol. The first kappa shape index (κ1) is 24.7. The summed E-state index contributed by atoms with van der Waals surface area (Å²) in [4.78, 5) is 16.5. The molecule has 6 heteroatoms. The van der Waals surface area contributed by atoms with E-state index in [1.165, 1.54) is 51.2 Å². The van der Waals surface area contributed by atoms with Gasteiger partial charge in [0.05, 0.1) is 39.5 Å². The predicted molar refractivity (Wildman–Crippen MR) is 177 cm³/mol. The molecule has 0 saturated heterocycles. The number of rotatable bonds is 3. The highest BCUT2D eigenvalue weighted by Gasteiger charge is 2.60. The summed E-state index contributed by atoms with van der Waals surface area (Å²) in [6.07, 6.45) is 34.6. The Morgan fingerprint density at radius 1 is 0.886 bits per heavy atom. The van der Waals surface area contributed by atoms with Crippen molar-refractivity contribution in [1.82, 2.24) is 24.0 Å². The highest BCUT2D eigenvalue weighted by molar-refractivity contribution is 5.94. The Labute approximate surface area is 256 Å². The highest BCUT2D eigenvalue weighted by Crippen LogP contribution is 2.66. The third kappa shape index (κ3) is 3.28. The van der Waals surface area contributed by atoms with Gasteiger partial charge in [-0.2, -0.15) is 0 Å². The largest absolute Gasteiger partial charge is 0.380 e. The Kier molecular flexibility index (Phi) is 4.88. The van der Waals surface area contributed by atoms with E-state index in [0.717, 1.165) is 43.3 Å². The second kappa shape index (κ2) is 8.69. The molecule has 44 heavy (non-hydrogen) atoms. The molecule has 2 fully saturated rings. The molecule has 0 N–H and O–H groups in total. The quantitative estimate of drug-likeness (QED) is 0.246. The Balaban J connectivity index is 1.01. The minimum atomic E-state index is -0.0273. The second-order valence-electron chi connectivity index (χ2n) is 13.4. The maximum absolute atomic E-state index is 4.84. The van der Waals surface area contributed by atoms with Crippen LogP contribution in [-0.4, -0.2) is 43.8 Å². The van der Waals surface area contributed by atoms with Crippen LogP contribution >= 0.6 is 0 Å². The van der Waals surface area contributed by atoms with Crippen LogP contribution in [-0.2, 0) is 18.4 Å². The van der Waals surface area contributed by atoms with Gasteiger partial charge >= 0.3 is 0 Å². The van der Waals surface area contributed by atoms with Crippen molar-refractivity contribution in [1.29, 1.82) is 0 Å². The van der Waals surface area contributed by atoms with Crippen molar-refractivity contribution >= 4 is 40.1 Å². The van der Waals surface area contributed by atoms with Crippen molar-refractivity contribution in [3.05, 3.63) is 120 Å². The fourth-order valence-corrected chi connectivity index (χ4v) is 8.65. The maximum atomic E-state index is 4.84. The summed E-state index contributed by atoms with van der Waals surface area (Å²) in [5.41, 5.74) is 12.8. The molecule has 216 valence electrons. The standard InChI is InChI=1S/C38H34N6/c1-42-18-11-30-31(12-19-42)43(32-8-4-16-40-35(30)32)28-6-2-13-37(22-26(37)21-28)25-10-14-38(23-27(38)20-25)44-33-9-5-17-41-36(33)29-7-3-15-39-24-34(29)44/h2-5,8-11,13-18,20-21,24,26-27H,6-7,12,19,22-23H2,1H3. The zero-order valence-corrected chi connectivity index (χ0v) is 24.9. The minimum Gasteiger partial charge on any atom is -0.380 e. The van der Waals surface area contributed by atoms with Gasteiger partial charge < -0.3 is 14.0 Å². The van der Waals surface area contributed by atoms with E-state index < -0.39 is 0 Å². The van der Waals surface area contributed by atoms with Gasteiger partial charge in [-0.25, -0.2) is 0 Å². The fraction of sp³-hybridized carbons (Fsp3) is 0.289. The Morgan fingerprint density at radius 3 is 2.68 bits per heavy atom. The van der Waals surface area contributed by atoms with Crippen molar-refractivity contribution in [3.63, 3.8) is 0 Å². The molecule has 4 aromatic rings. The molecule has 0 spiro atoms. The molecule has 0 amide bonds. The smallest absolute Gasteiger partial charge is 0.0960 e. The van der Waals surface area contributed by atoms with E-state index in [4.69, 9.17) is 9.97 Å². The summed E-state index contributed by atoms with van der Waals surface area (Å²) < 4.78 is 5.08. The lowest BCUT2D eigenvalue weighted by atomic mass is 9.87. The van der Waals surface area contributed by atoms with Crippen molar-refractivity contribution < 1.29 is 0 Å². The molecule has 2 aliphatic heterocycles. The van der Waals surface area contributed by atoms with Gasteiger partial charge in [0.2, 0.25) is 0 Å². The van der Waals surface area contributed by atoms with Crippen LogP contribution in [0.1, 0.15) is 41.8 Å². The summed E-state index contributed by atoms with van der Waals surface area (Å²) in [5, 5.41) is 0. The van der Waals surface area contributed by atoms with E-state index >= 15 is 0 Å². The summed E-state index contributed by atoms with van der Waals surface area (Å²) >= 11 is 0. The van der Waals surface area contributed by atoms with Gasteiger partial charge in [-0.15, -0.1) is 0 Å². The Morgan fingerprint density at radius 2 is 1.77 bits per heavy atom. The molecule has 4 aliphatic carbocycles.